The minimum atomic E-state index is -0.436. The topological polar surface area (TPSA) is 37.5 Å². The van der Waals surface area contributed by atoms with E-state index in [1.807, 2.05) is 30.3 Å². The minimum absolute atomic E-state index is 0.0691. The maximum Gasteiger partial charge on any atom is 0.215 e. The molecule has 3 nitrogen and oxygen atoms in total. The number of nitrogens with zero attached hydrogens (tertiary/aromatic N) is 2. The molecule has 0 unspecified atom stereocenters. The smallest absolute Gasteiger partial charge is 0.215 e. The lowest BCUT2D eigenvalue weighted by atomic mass is 10.1. The summed E-state index contributed by atoms with van der Waals surface area (Å²) in [6, 6.07) is 14.0. The molecule has 0 saturated heterocycles. The van der Waals surface area contributed by atoms with Gasteiger partial charge in [-0.2, -0.15) is 0 Å². The van der Waals surface area contributed by atoms with Gasteiger partial charge in [-0.15, -0.1) is 11.3 Å². The van der Waals surface area contributed by atoms with E-state index in [0.29, 0.717) is 8.83 Å². The fraction of sp³-hybridized carbons (Fsp3) is 0. The first kappa shape index (κ1) is 15.0. The van der Waals surface area contributed by atoms with Crippen molar-refractivity contribution in [3.8, 4) is 11.6 Å². The van der Waals surface area contributed by atoms with Crippen molar-refractivity contribution in [2.24, 2.45) is 4.99 Å². The Balaban J connectivity index is 1.84. The van der Waals surface area contributed by atoms with Gasteiger partial charge in [0.05, 0.1) is 16.3 Å². The average molecular weight is 354 g/mol. The van der Waals surface area contributed by atoms with Gasteiger partial charge in [-0.1, -0.05) is 30.3 Å². The van der Waals surface area contributed by atoms with Gasteiger partial charge in [0, 0.05) is 17.4 Å². The van der Waals surface area contributed by atoms with Crippen LogP contribution >= 0.6 is 23.6 Å². The van der Waals surface area contributed by atoms with Crippen LogP contribution in [0.4, 0.5) is 10.1 Å². The number of fused-ring (bicyclic) bond motifs is 1. The van der Waals surface area contributed by atoms with Crippen molar-refractivity contribution in [3.05, 3.63) is 68.7 Å². The maximum absolute atomic E-state index is 14.0. The molecule has 24 heavy (non-hydrogen) atoms. The molecule has 3 aromatic rings. The highest BCUT2D eigenvalue weighted by Crippen LogP contribution is 2.37. The summed E-state index contributed by atoms with van der Waals surface area (Å²) in [6.07, 6.45) is 3.57. The van der Waals surface area contributed by atoms with E-state index < -0.39 is 5.82 Å². The molecule has 0 saturated carbocycles. The first-order chi connectivity index (χ1) is 11.6. The highest BCUT2D eigenvalue weighted by atomic mass is 32.1. The monoisotopic (exact) mass is 354 g/mol. The zero-order chi connectivity index (χ0) is 16.7. The molecule has 4 rings (SSSR count). The average Bonchev–Trinajstić information content (AvgIpc) is 3.11. The van der Waals surface area contributed by atoms with Gasteiger partial charge in [-0.3, -0.25) is 9.56 Å². The minimum Gasteiger partial charge on any atom is -0.493 e. The summed E-state index contributed by atoms with van der Waals surface area (Å²) in [5.74, 6) is -0.506. The Kier molecular flexibility index (Phi) is 3.63. The molecule has 0 fully saturated rings. The number of thiazole rings is 1. The van der Waals surface area contributed by atoms with E-state index in [2.05, 4.69) is 4.99 Å². The third kappa shape index (κ3) is 2.40. The van der Waals surface area contributed by atoms with Crippen LogP contribution in [0.1, 0.15) is 10.4 Å². The molecule has 0 bridgehead atoms. The molecule has 0 aliphatic carbocycles. The zero-order valence-electron chi connectivity index (χ0n) is 12.3. The lowest BCUT2D eigenvalue weighted by molar-refractivity contribution is 0.438. The van der Waals surface area contributed by atoms with Crippen LogP contribution in [0.25, 0.3) is 17.3 Å². The number of benzene rings is 2. The van der Waals surface area contributed by atoms with Gasteiger partial charge in [0.15, 0.2) is 3.95 Å². The summed E-state index contributed by atoms with van der Waals surface area (Å²) >= 11 is 6.54. The van der Waals surface area contributed by atoms with E-state index in [9.17, 15) is 9.50 Å². The molecule has 2 aromatic carbocycles. The fourth-order valence-electron chi connectivity index (χ4n) is 2.62. The molecule has 118 valence electrons. The molecule has 0 atom stereocenters. The number of hydrogen-bond donors (Lipinski definition) is 1. The number of aromatic nitrogens is 1. The van der Waals surface area contributed by atoms with Gasteiger partial charge in [-0.05, 0) is 36.5 Å². The molecular formula is C18H11FN2OS2. The molecule has 0 amide bonds. The lowest BCUT2D eigenvalue weighted by Gasteiger charge is -2.05. The van der Waals surface area contributed by atoms with Crippen molar-refractivity contribution >= 4 is 47.1 Å². The van der Waals surface area contributed by atoms with Crippen molar-refractivity contribution in [1.82, 2.24) is 4.57 Å². The van der Waals surface area contributed by atoms with E-state index in [1.165, 1.54) is 22.0 Å². The van der Waals surface area contributed by atoms with Gasteiger partial charge in [-0.25, -0.2) is 4.39 Å². The third-order valence-electron chi connectivity index (χ3n) is 3.75. The number of aliphatic imine (C=N–C) groups is 1. The van der Waals surface area contributed by atoms with Crippen LogP contribution in [0.3, 0.4) is 0 Å². The van der Waals surface area contributed by atoms with Gasteiger partial charge in [0.25, 0.3) is 0 Å². The van der Waals surface area contributed by atoms with Crippen molar-refractivity contribution in [2.45, 2.75) is 0 Å². The molecule has 0 radical (unpaired) electrons. The van der Waals surface area contributed by atoms with Crippen LogP contribution in [-0.2, 0) is 0 Å². The molecule has 1 N–H and O–H groups in total. The first-order valence-electron chi connectivity index (χ1n) is 7.20. The number of para-hydroxylation sites is 2. The van der Waals surface area contributed by atoms with E-state index in [-0.39, 0.29) is 11.6 Å². The fourth-order valence-corrected chi connectivity index (χ4v) is 3.90. The standard InChI is InChI=1S/C18H11FN2OS2/c19-13-6-2-4-8-15(13)21-17(22)16(24-18(21)23)9-11-10-20-14-7-3-1-5-12(11)14/h1-10,22H/b11-9+. The Bertz CT molecular complexity index is 1060. The molecule has 1 aliphatic heterocycles. The summed E-state index contributed by atoms with van der Waals surface area (Å²) in [4.78, 5) is 4.92. The van der Waals surface area contributed by atoms with Crippen LogP contribution in [0.15, 0.2) is 53.5 Å². The Hall–Kier alpha value is -2.57. The van der Waals surface area contributed by atoms with Crippen molar-refractivity contribution in [1.29, 1.82) is 0 Å². The second kappa shape index (κ2) is 5.81. The molecule has 2 heterocycles. The quantitative estimate of drug-likeness (QED) is 0.628. The van der Waals surface area contributed by atoms with Gasteiger partial charge < -0.3 is 5.11 Å². The SMILES string of the molecule is Oc1c(/C=C2\C=Nc3ccccc32)sc(=S)n1-c1ccccc1F. The maximum atomic E-state index is 14.0. The Morgan fingerprint density at radius 3 is 2.71 bits per heavy atom. The third-order valence-corrected chi connectivity index (χ3v) is 5.06. The number of halogens is 1. The van der Waals surface area contributed by atoms with E-state index in [4.69, 9.17) is 12.2 Å². The predicted octanol–water partition coefficient (Wildman–Crippen LogP) is 5.37. The summed E-state index contributed by atoms with van der Waals surface area (Å²) < 4.78 is 15.8. The zero-order valence-corrected chi connectivity index (χ0v) is 13.9. The largest absolute Gasteiger partial charge is 0.493 e. The molecule has 6 heteroatoms. The van der Waals surface area contributed by atoms with E-state index in [1.54, 1.807) is 24.4 Å². The van der Waals surface area contributed by atoms with Crippen LogP contribution < -0.4 is 0 Å². The van der Waals surface area contributed by atoms with Crippen LogP contribution in [0.2, 0.25) is 0 Å². The highest BCUT2D eigenvalue weighted by Gasteiger charge is 2.17. The second-order valence-electron chi connectivity index (χ2n) is 5.22. The highest BCUT2D eigenvalue weighted by molar-refractivity contribution is 7.73. The van der Waals surface area contributed by atoms with Gasteiger partial charge >= 0.3 is 0 Å². The second-order valence-corrected chi connectivity index (χ2v) is 6.89. The van der Waals surface area contributed by atoms with Crippen molar-refractivity contribution in [3.63, 3.8) is 0 Å². The summed E-state index contributed by atoms with van der Waals surface area (Å²) in [5.41, 5.74) is 3.01. The number of aromatic hydroxyl groups is 1. The Morgan fingerprint density at radius 1 is 1.12 bits per heavy atom. The molecular weight excluding hydrogens is 343 g/mol. The number of hydrogen-bond acceptors (Lipinski definition) is 4. The predicted molar refractivity (Wildman–Crippen MR) is 98.6 cm³/mol. The Morgan fingerprint density at radius 2 is 1.88 bits per heavy atom. The van der Waals surface area contributed by atoms with Crippen molar-refractivity contribution < 1.29 is 9.50 Å². The van der Waals surface area contributed by atoms with Crippen LogP contribution in [0.5, 0.6) is 5.88 Å². The van der Waals surface area contributed by atoms with Crippen LogP contribution in [0, 0.1) is 9.77 Å². The van der Waals surface area contributed by atoms with Crippen LogP contribution in [-0.4, -0.2) is 15.9 Å². The molecule has 1 aromatic heterocycles. The Labute approximate surface area is 146 Å². The normalized spacial score (nSPS) is 14.3. The van der Waals surface area contributed by atoms with E-state index >= 15 is 0 Å². The molecule has 1 aliphatic rings. The van der Waals surface area contributed by atoms with Crippen molar-refractivity contribution in [2.75, 3.05) is 0 Å². The van der Waals surface area contributed by atoms with Gasteiger partial charge in [0.1, 0.15) is 5.82 Å². The molecule has 0 spiro atoms. The number of allylic oxidation sites excluding steroid dienone is 1. The van der Waals surface area contributed by atoms with Gasteiger partial charge in [0.2, 0.25) is 5.88 Å². The summed E-state index contributed by atoms with van der Waals surface area (Å²) in [6.45, 7) is 0. The summed E-state index contributed by atoms with van der Waals surface area (Å²) in [7, 11) is 0. The van der Waals surface area contributed by atoms with E-state index in [0.717, 1.165) is 16.8 Å². The number of rotatable bonds is 2. The lowest BCUT2D eigenvalue weighted by Crippen LogP contribution is -1.96. The summed E-state index contributed by atoms with van der Waals surface area (Å²) in [5, 5.41) is 10.5. The first-order valence-corrected chi connectivity index (χ1v) is 8.42.